The number of carbonyl (C=O) groups excluding carboxylic acids is 3. The molecule has 54 heavy (non-hydrogen) atoms. The molecule has 3 heterocycles. The highest BCUT2D eigenvalue weighted by atomic mass is 32.2. The van der Waals surface area contributed by atoms with E-state index in [0.717, 1.165) is 29.0 Å². The van der Waals surface area contributed by atoms with Crippen molar-refractivity contribution in [3.63, 3.8) is 0 Å². The number of nitrogens with two attached hydrogens (primary N) is 1. The molecule has 1 fully saturated rings. The first-order valence-corrected chi connectivity index (χ1v) is 21.1. The van der Waals surface area contributed by atoms with Gasteiger partial charge in [-0.3, -0.25) is 28.1 Å². The molecule has 0 radical (unpaired) electrons. The van der Waals surface area contributed by atoms with E-state index in [1.807, 2.05) is 0 Å². The quantitative estimate of drug-likeness (QED) is 0.0703. The van der Waals surface area contributed by atoms with Crippen LogP contribution in [0.15, 0.2) is 12.7 Å². The van der Waals surface area contributed by atoms with Crippen molar-refractivity contribution >= 4 is 69.1 Å². The van der Waals surface area contributed by atoms with Crippen LogP contribution in [0.4, 0.5) is 5.82 Å². The number of nitrogen functional groups attached to an aromatic ring is 1. The highest BCUT2D eigenvalue weighted by molar-refractivity contribution is 8.13. The molecule has 1 saturated heterocycles. The second kappa shape index (κ2) is 18.2. The zero-order chi connectivity index (χ0) is 40.9. The van der Waals surface area contributed by atoms with Gasteiger partial charge in [-0.05, 0) is 0 Å². The minimum Gasteiger partial charge on any atom is -0.790 e. The summed E-state index contributed by atoms with van der Waals surface area (Å²) in [6, 6.07) is 0. The van der Waals surface area contributed by atoms with Crippen molar-refractivity contribution in [2.45, 2.75) is 71.7 Å². The molecule has 0 spiro atoms. The number of nitrogens with one attached hydrogen (secondary N) is 2. The van der Waals surface area contributed by atoms with Crippen LogP contribution in [-0.2, 0) is 50.7 Å². The lowest BCUT2D eigenvalue weighted by molar-refractivity contribution is -0.347. The summed E-state index contributed by atoms with van der Waals surface area (Å²) in [7, 11) is -17.6. The van der Waals surface area contributed by atoms with Crippen LogP contribution >= 0.6 is 35.2 Å². The van der Waals surface area contributed by atoms with Gasteiger partial charge in [-0.1, -0.05) is 46.4 Å². The van der Waals surface area contributed by atoms with Crippen LogP contribution in [0.2, 0.25) is 0 Å². The molecule has 306 valence electrons. The SMILES string of the molecule is CC(C)(C)C(=O)SCCNC(=O)CCNC(=O)C(O)C(C)(C)COP(=O)([O-])OP(=O)([O-])OCC1OC(n2cnc3c(N)ncnc32)C(O)C1OP(=O)([O-])[O-]. The second-order valence-electron chi connectivity index (χ2n) is 13.4. The molecule has 2 aromatic rings. The lowest BCUT2D eigenvalue weighted by atomic mass is 9.87. The Kier molecular flexibility index (Phi) is 15.5. The Morgan fingerprint density at radius 2 is 1.69 bits per heavy atom. The summed E-state index contributed by atoms with van der Waals surface area (Å²) in [5.41, 5.74) is 3.53. The molecule has 24 nitrogen and oxygen atoms in total. The van der Waals surface area contributed by atoms with Gasteiger partial charge in [0.25, 0.3) is 15.6 Å². The van der Waals surface area contributed by atoms with Crippen LogP contribution in [0, 0.1) is 10.8 Å². The Hall–Kier alpha value is -2.44. The smallest absolute Gasteiger partial charge is 0.274 e. The van der Waals surface area contributed by atoms with Crippen molar-refractivity contribution in [3.05, 3.63) is 12.7 Å². The van der Waals surface area contributed by atoms with Crippen molar-refractivity contribution < 1.29 is 80.5 Å². The van der Waals surface area contributed by atoms with Crippen molar-refractivity contribution in [1.82, 2.24) is 30.2 Å². The highest BCUT2D eigenvalue weighted by Gasteiger charge is 2.47. The molecule has 7 atom stereocenters. The summed E-state index contributed by atoms with van der Waals surface area (Å²) in [5, 5.41) is 26.1. The number of aromatic nitrogens is 4. The molecule has 3 rings (SSSR count). The molecule has 1 aliphatic rings. The summed E-state index contributed by atoms with van der Waals surface area (Å²) in [6.07, 6.45) is -7.57. The topological polar surface area (TPSA) is 375 Å². The number of aliphatic hydroxyl groups is 2. The van der Waals surface area contributed by atoms with Crippen molar-refractivity contribution in [2.75, 3.05) is 37.8 Å². The number of amides is 2. The molecule has 28 heteroatoms. The molecule has 2 aromatic heterocycles. The number of anilines is 1. The standard InChI is InChI=1S/C26H44N7O17P3S/c1-25(2,3)24(38)54-9-8-28-15(34)6-7-29-22(37)19(36)26(4,5)11-47-53(44,45)50-52(42,43)46-10-14-18(49-51(39,40)41)17(35)23(48-14)33-13-32-16-20(27)30-12-31-21(16)33/h12-14,17-19,23,35-36H,6-11H2,1-5H3,(H,28,34)(H,29,37)(H,42,43)(H,44,45)(H2,27,30,31)(H2,39,40,41)/p-4. The predicted octanol–water partition coefficient (Wildman–Crippen LogP) is -2.82. The first-order valence-electron chi connectivity index (χ1n) is 15.7. The number of hydrogen-bond acceptors (Lipinski definition) is 22. The number of thioether (sulfide) groups is 1. The van der Waals surface area contributed by atoms with E-state index in [1.165, 1.54) is 13.8 Å². The first-order chi connectivity index (χ1) is 24.7. The fourth-order valence-corrected chi connectivity index (χ4v) is 8.03. The number of carbonyl (C=O) groups is 3. The van der Waals surface area contributed by atoms with Crippen molar-refractivity contribution in [2.24, 2.45) is 10.8 Å². The second-order valence-corrected chi connectivity index (χ2v) is 18.5. The Balaban J connectivity index is 1.51. The number of aliphatic hydroxyl groups excluding tert-OH is 2. The fourth-order valence-electron chi connectivity index (χ4n) is 4.47. The summed E-state index contributed by atoms with van der Waals surface area (Å²) >= 11 is 1.07. The lowest BCUT2D eigenvalue weighted by Gasteiger charge is -2.36. The third-order valence-corrected chi connectivity index (χ3v) is 11.6. The number of ether oxygens (including phenoxy) is 1. The highest BCUT2D eigenvalue weighted by Crippen LogP contribution is 2.56. The summed E-state index contributed by atoms with van der Waals surface area (Å²) in [5.74, 6) is -1.21. The number of phosphoric acid groups is 3. The van der Waals surface area contributed by atoms with Gasteiger partial charge < -0.3 is 69.0 Å². The summed E-state index contributed by atoms with van der Waals surface area (Å²) in [4.78, 5) is 95.8. The maximum absolute atomic E-state index is 12.5. The minimum atomic E-state index is -5.91. The van der Waals surface area contributed by atoms with E-state index in [9.17, 15) is 57.9 Å². The third-order valence-electron chi connectivity index (χ3n) is 7.32. The molecular formula is C26H40N7O17P3S-4. The van der Waals surface area contributed by atoms with Crippen LogP contribution in [0.3, 0.4) is 0 Å². The monoisotopic (exact) mass is 847 g/mol. The van der Waals surface area contributed by atoms with E-state index >= 15 is 0 Å². The van der Waals surface area contributed by atoms with Crippen molar-refractivity contribution in [3.8, 4) is 0 Å². The number of rotatable bonds is 19. The number of imidazole rings is 1. The summed E-state index contributed by atoms with van der Waals surface area (Å²) in [6.45, 7) is 5.40. The van der Waals surface area contributed by atoms with E-state index in [1.54, 1.807) is 20.8 Å². The number of fused-ring (bicyclic) bond motifs is 1. The van der Waals surface area contributed by atoms with E-state index < -0.39 is 90.0 Å². The van der Waals surface area contributed by atoms with Gasteiger partial charge in [0, 0.05) is 36.1 Å². The average molecular weight is 848 g/mol. The van der Waals surface area contributed by atoms with E-state index in [4.69, 9.17) is 10.5 Å². The van der Waals surface area contributed by atoms with Crippen LogP contribution in [0.1, 0.15) is 47.3 Å². The van der Waals surface area contributed by atoms with Crippen LogP contribution < -0.4 is 35.9 Å². The third kappa shape index (κ3) is 13.4. The Morgan fingerprint density at radius 1 is 1.04 bits per heavy atom. The fraction of sp³-hybridized carbons (Fsp3) is 0.692. The molecule has 0 saturated carbocycles. The van der Waals surface area contributed by atoms with Crippen LogP contribution in [-0.4, -0.2) is 103 Å². The Morgan fingerprint density at radius 3 is 2.31 bits per heavy atom. The molecule has 0 aliphatic carbocycles. The van der Waals surface area contributed by atoms with Gasteiger partial charge in [0.15, 0.2) is 22.8 Å². The van der Waals surface area contributed by atoms with Gasteiger partial charge in [0.1, 0.15) is 36.3 Å². The van der Waals surface area contributed by atoms with Gasteiger partial charge in [-0.2, -0.15) is 0 Å². The van der Waals surface area contributed by atoms with Crippen LogP contribution in [0.25, 0.3) is 11.2 Å². The molecule has 2 amide bonds. The average Bonchev–Trinajstić information content (AvgIpc) is 3.60. The van der Waals surface area contributed by atoms with Gasteiger partial charge in [-0.25, -0.2) is 19.3 Å². The van der Waals surface area contributed by atoms with Crippen molar-refractivity contribution in [1.29, 1.82) is 0 Å². The zero-order valence-electron chi connectivity index (χ0n) is 29.4. The molecule has 0 bridgehead atoms. The Bertz CT molecular complexity index is 1800. The molecule has 7 unspecified atom stereocenters. The first kappa shape index (κ1) is 45.9. The molecule has 6 N–H and O–H groups in total. The van der Waals surface area contributed by atoms with Gasteiger partial charge >= 0.3 is 0 Å². The number of hydrogen-bond donors (Lipinski definition) is 5. The number of nitrogens with zero attached hydrogens (tertiary/aromatic N) is 4. The minimum absolute atomic E-state index is 0.0212. The van der Waals surface area contributed by atoms with E-state index in [2.05, 4.69) is 43.5 Å². The number of phosphoric ester groups is 3. The largest absolute Gasteiger partial charge is 0.790 e. The molecule has 1 aliphatic heterocycles. The maximum Gasteiger partial charge on any atom is 0.274 e. The van der Waals surface area contributed by atoms with Crippen LogP contribution in [0.5, 0.6) is 0 Å². The van der Waals surface area contributed by atoms with Gasteiger partial charge in [0.05, 0.1) is 27.4 Å². The van der Waals surface area contributed by atoms with Gasteiger partial charge in [0.2, 0.25) is 11.8 Å². The van der Waals surface area contributed by atoms with E-state index in [0.29, 0.717) is 5.75 Å². The molecule has 0 aromatic carbocycles. The lowest BCUT2D eigenvalue weighted by Crippen LogP contribution is -2.46. The summed E-state index contributed by atoms with van der Waals surface area (Å²) < 4.78 is 60.4. The predicted molar refractivity (Wildman–Crippen MR) is 178 cm³/mol. The van der Waals surface area contributed by atoms with E-state index in [-0.39, 0.29) is 41.6 Å². The van der Waals surface area contributed by atoms with Gasteiger partial charge in [-0.15, -0.1) is 0 Å². The normalized spacial score (nSPS) is 22.4. The maximum atomic E-state index is 12.5. The zero-order valence-corrected chi connectivity index (χ0v) is 32.9. The molecular weight excluding hydrogens is 807 g/mol. The Labute approximate surface area is 312 Å².